The summed E-state index contributed by atoms with van der Waals surface area (Å²) in [5.41, 5.74) is 5.42. The van der Waals surface area contributed by atoms with Crippen LogP contribution in [0.3, 0.4) is 0 Å². The van der Waals surface area contributed by atoms with Gasteiger partial charge in [-0.15, -0.1) is 12.4 Å². The minimum absolute atomic E-state index is 0. The van der Waals surface area contributed by atoms with Crippen LogP contribution >= 0.6 is 35.9 Å². The van der Waals surface area contributed by atoms with Crippen molar-refractivity contribution in [2.75, 3.05) is 14.2 Å². The summed E-state index contributed by atoms with van der Waals surface area (Å²) in [6.07, 6.45) is 0.475. The number of benzene rings is 4. The number of imidazole rings is 2. The van der Waals surface area contributed by atoms with Crippen LogP contribution in [-0.4, -0.2) is 66.9 Å². The Morgan fingerprint density at radius 2 is 0.947 bits per heavy atom. The molecular formula is C40H39ClN6O8S2. The summed E-state index contributed by atoms with van der Waals surface area (Å²) in [6.45, 7) is 3.85. The molecule has 2 aromatic heterocycles. The molecule has 8 rings (SSSR count). The number of halogens is 1. The number of methoxy groups -OCH3 is 2. The van der Waals surface area contributed by atoms with Crippen molar-refractivity contribution < 1.29 is 38.1 Å². The third-order valence-electron chi connectivity index (χ3n) is 9.03. The summed E-state index contributed by atoms with van der Waals surface area (Å²) in [6, 6.07) is 26.4. The van der Waals surface area contributed by atoms with Gasteiger partial charge in [-0.05, 0) is 86.3 Å². The molecule has 2 aliphatic heterocycles. The predicted molar refractivity (Wildman–Crippen MR) is 221 cm³/mol. The molecule has 2 fully saturated rings. The van der Waals surface area contributed by atoms with E-state index in [1.165, 1.54) is 0 Å². The molecule has 4 N–H and O–H groups in total. The molecule has 0 radical (unpaired) electrons. The number of aromatic amines is 2. The number of hydrogen-bond donors (Lipinski definition) is 4. The maximum absolute atomic E-state index is 11.7. The quantitative estimate of drug-likeness (QED) is 0.0946. The van der Waals surface area contributed by atoms with Crippen LogP contribution in [0.2, 0.25) is 0 Å². The smallest absolute Gasteiger partial charge is 0.286 e. The van der Waals surface area contributed by atoms with Crippen molar-refractivity contribution in [3.63, 3.8) is 0 Å². The van der Waals surface area contributed by atoms with Crippen molar-refractivity contribution in [3.05, 3.63) is 108 Å². The van der Waals surface area contributed by atoms with Gasteiger partial charge in [0.1, 0.15) is 34.6 Å². The van der Waals surface area contributed by atoms with Crippen molar-refractivity contribution in [3.8, 4) is 23.0 Å². The Kier molecular flexibility index (Phi) is 13.0. The highest BCUT2D eigenvalue weighted by Crippen LogP contribution is 2.29. The summed E-state index contributed by atoms with van der Waals surface area (Å²) in [4.78, 5) is 61.5. The number of hydrogen-bond acceptors (Lipinski definition) is 12. The number of amides is 4. The van der Waals surface area contributed by atoms with Crippen LogP contribution in [0.5, 0.6) is 23.0 Å². The maximum Gasteiger partial charge on any atom is 0.286 e. The molecule has 4 aromatic carbocycles. The van der Waals surface area contributed by atoms with Crippen LogP contribution in [0.4, 0.5) is 9.59 Å². The van der Waals surface area contributed by atoms with Gasteiger partial charge in [0.05, 0.1) is 46.8 Å². The third kappa shape index (κ3) is 10.0. The van der Waals surface area contributed by atoms with Crippen LogP contribution in [0.1, 0.15) is 48.8 Å². The van der Waals surface area contributed by atoms with E-state index in [4.69, 9.17) is 18.9 Å². The molecule has 4 unspecified atom stereocenters. The lowest BCUT2D eigenvalue weighted by Gasteiger charge is -2.13. The number of ether oxygens (including phenoxy) is 4. The summed E-state index contributed by atoms with van der Waals surface area (Å²) in [7, 11) is 3.26. The fourth-order valence-electron chi connectivity index (χ4n) is 6.07. The minimum Gasteiger partial charge on any atom is -0.497 e. The molecule has 0 spiro atoms. The van der Waals surface area contributed by atoms with E-state index >= 15 is 0 Å². The summed E-state index contributed by atoms with van der Waals surface area (Å²) >= 11 is 2.07. The lowest BCUT2D eigenvalue weighted by molar-refractivity contribution is -0.119. The summed E-state index contributed by atoms with van der Waals surface area (Å²) in [5, 5.41) is 3.30. The molecule has 4 amide bonds. The number of nitrogens with one attached hydrogen (secondary N) is 4. The largest absolute Gasteiger partial charge is 0.497 e. The number of aromatic nitrogens is 4. The zero-order valence-corrected chi connectivity index (χ0v) is 33.6. The monoisotopic (exact) mass is 830 g/mol. The van der Waals surface area contributed by atoms with E-state index in [-0.39, 0.29) is 57.4 Å². The Bertz CT molecular complexity index is 2240. The topological polar surface area (TPSA) is 187 Å². The van der Waals surface area contributed by atoms with Gasteiger partial charge in [-0.25, -0.2) is 9.97 Å². The number of thioether (sulfide) groups is 2. The molecule has 2 saturated heterocycles. The molecule has 14 nitrogen and oxygen atoms in total. The SMILES string of the molecule is COc1ccc2nc(C(C)Oc3ccc(CC4SC(=O)NC4=O)cc3)[nH]c2c1.COc1ccc2nc(C(C)Oc3ccc(CC4SC(=O)NC4=O)cc3)[nH]c2c1.Cl. The van der Waals surface area contributed by atoms with Gasteiger partial charge in [-0.3, -0.25) is 29.8 Å². The fourth-order valence-corrected chi connectivity index (χ4v) is 7.79. The number of fused-ring (bicyclic) bond motifs is 2. The number of imide groups is 2. The molecule has 57 heavy (non-hydrogen) atoms. The van der Waals surface area contributed by atoms with Crippen LogP contribution < -0.4 is 29.6 Å². The second kappa shape index (κ2) is 18.0. The second-order valence-electron chi connectivity index (χ2n) is 13.0. The van der Waals surface area contributed by atoms with Crippen molar-refractivity contribution in [2.45, 2.75) is 49.4 Å². The van der Waals surface area contributed by atoms with Gasteiger partial charge < -0.3 is 28.9 Å². The van der Waals surface area contributed by atoms with Crippen molar-refractivity contribution in [1.29, 1.82) is 0 Å². The van der Waals surface area contributed by atoms with Gasteiger partial charge in [-0.1, -0.05) is 47.8 Å². The minimum atomic E-state index is -0.370. The average Bonchev–Trinajstić information content (AvgIpc) is 3.97. The molecule has 17 heteroatoms. The summed E-state index contributed by atoms with van der Waals surface area (Å²) < 4.78 is 22.4. The van der Waals surface area contributed by atoms with E-state index in [9.17, 15) is 19.2 Å². The first-order chi connectivity index (χ1) is 27.0. The standard InChI is InChI=1S/2C20H19N3O4S.ClH/c2*1-11(18-21-15-8-7-14(26-2)10-16(15)22-18)27-13-5-3-12(4-6-13)9-17-19(24)23-20(25)28-17;/h2*3-8,10-11,17H,9H2,1-2H3,(H,21,22)(H,23,24,25);1H. The van der Waals surface area contributed by atoms with Crippen LogP contribution in [0.15, 0.2) is 84.9 Å². The van der Waals surface area contributed by atoms with Gasteiger partial charge in [0.25, 0.3) is 10.5 Å². The third-order valence-corrected chi connectivity index (χ3v) is 11.0. The molecule has 4 heterocycles. The Labute approximate surface area is 342 Å². The van der Waals surface area contributed by atoms with E-state index < -0.39 is 0 Å². The molecule has 6 aromatic rings. The predicted octanol–water partition coefficient (Wildman–Crippen LogP) is 7.63. The first-order valence-corrected chi connectivity index (χ1v) is 19.4. The van der Waals surface area contributed by atoms with E-state index in [0.29, 0.717) is 24.3 Å². The van der Waals surface area contributed by atoms with E-state index in [0.717, 1.165) is 79.9 Å². The molecule has 0 aliphatic carbocycles. The number of rotatable bonds is 12. The second-order valence-corrected chi connectivity index (χ2v) is 15.3. The Morgan fingerprint density at radius 1 is 0.579 bits per heavy atom. The fraction of sp³-hybridized carbons (Fsp3) is 0.250. The maximum atomic E-state index is 11.7. The number of H-pyrrole nitrogens is 2. The Balaban J connectivity index is 0.000000189. The zero-order valence-electron chi connectivity index (χ0n) is 31.2. The highest BCUT2D eigenvalue weighted by molar-refractivity contribution is 8.15. The molecular weight excluding hydrogens is 792 g/mol. The molecule has 0 bridgehead atoms. The lowest BCUT2D eigenvalue weighted by atomic mass is 10.1. The van der Waals surface area contributed by atoms with Gasteiger partial charge in [0.2, 0.25) is 11.8 Å². The first-order valence-electron chi connectivity index (χ1n) is 17.6. The van der Waals surface area contributed by atoms with E-state index in [1.807, 2.05) is 98.8 Å². The van der Waals surface area contributed by atoms with E-state index in [1.54, 1.807) is 14.2 Å². The lowest BCUT2D eigenvalue weighted by Crippen LogP contribution is -2.25. The highest BCUT2D eigenvalue weighted by Gasteiger charge is 2.32. The molecule has 296 valence electrons. The molecule has 4 atom stereocenters. The van der Waals surface area contributed by atoms with Crippen LogP contribution in [0.25, 0.3) is 22.1 Å². The van der Waals surface area contributed by atoms with Gasteiger partial charge in [0, 0.05) is 12.1 Å². The summed E-state index contributed by atoms with van der Waals surface area (Å²) in [5.74, 6) is 3.93. The Morgan fingerprint density at radius 3 is 1.28 bits per heavy atom. The average molecular weight is 831 g/mol. The zero-order chi connectivity index (χ0) is 39.3. The molecule has 2 aliphatic rings. The number of carbonyl (C=O) groups is 4. The van der Waals surface area contributed by atoms with Gasteiger partial charge >= 0.3 is 0 Å². The Hall–Kier alpha value is -5.71. The normalized spacial score (nSPS) is 17.3. The highest BCUT2D eigenvalue weighted by atomic mass is 35.5. The van der Waals surface area contributed by atoms with Gasteiger partial charge in [0.15, 0.2) is 12.2 Å². The first kappa shape index (κ1) is 40.9. The number of nitrogens with zero attached hydrogens (tertiary/aromatic N) is 2. The molecule has 0 saturated carbocycles. The van der Waals surface area contributed by atoms with Crippen LogP contribution in [-0.2, 0) is 22.4 Å². The van der Waals surface area contributed by atoms with E-state index in [2.05, 4.69) is 30.6 Å². The van der Waals surface area contributed by atoms with Gasteiger partial charge in [-0.2, -0.15) is 0 Å². The van der Waals surface area contributed by atoms with Crippen molar-refractivity contribution in [2.24, 2.45) is 0 Å². The van der Waals surface area contributed by atoms with Crippen molar-refractivity contribution >= 4 is 80.3 Å². The van der Waals surface area contributed by atoms with Crippen LogP contribution in [0, 0.1) is 0 Å². The number of carbonyl (C=O) groups excluding carboxylic acids is 4. The van der Waals surface area contributed by atoms with Crippen molar-refractivity contribution in [1.82, 2.24) is 30.6 Å².